The number of carbonyl (C=O) groups excluding carboxylic acids is 2. The Balaban J connectivity index is 2.07. The first-order valence-corrected chi connectivity index (χ1v) is 9.24. The molecule has 0 bridgehead atoms. The van der Waals surface area contributed by atoms with Crippen molar-refractivity contribution in [2.75, 3.05) is 14.2 Å². The van der Waals surface area contributed by atoms with E-state index in [0.29, 0.717) is 22.1 Å². The van der Waals surface area contributed by atoms with Gasteiger partial charge in [-0.25, -0.2) is 0 Å². The lowest BCUT2D eigenvalue weighted by molar-refractivity contribution is -0.123. The summed E-state index contributed by atoms with van der Waals surface area (Å²) in [6.07, 6.45) is 0. The van der Waals surface area contributed by atoms with Crippen molar-refractivity contribution in [3.05, 3.63) is 58.1 Å². The van der Waals surface area contributed by atoms with Crippen molar-refractivity contribution < 1.29 is 19.1 Å². The normalized spacial score (nSPS) is 12.6. The van der Waals surface area contributed by atoms with E-state index in [-0.39, 0.29) is 11.9 Å². The van der Waals surface area contributed by atoms with E-state index in [1.54, 1.807) is 45.4 Å². The highest BCUT2D eigenvalue weighted by Gasteiger charge is 2.21. The highest BCUT2D eigenvalue weighted by atomic mass is 35.5. The summed E-state index contributed by atoms with van der Waals surface area (Å²) in [7, 11) is 3.14. The molecule has 0 saturated heterocycles. The smallest absolute Gasteiger partial charge is 0.253 e. The highest BCUT2D eigenvalue weighted by Crippen LogP contribution is 2.32. The Labute approximate surface area is 170 Å². The average molecular weight is 405 g/mol. The second-order valence-corrected chi connectivity index (χ2v) is 6.88. The molecule has 0 aliphatic rings. The Kier molecular flexibility index (Phi) is 7.29. The van der Waals surface area contributed by atoms with E-state index in [9.17, 15) is 9.59 Å². The molecule has 2 atom stereocenters. The fourth-order valence-electron chi connectivity index (χ4n) is 2.86. The van der Waals surface area contributed by atoms with Crippen LogP contribution in [0.1, 0.15) is 41.4 Å². The van der Waals surface area contributed by atoms with Gasteiger partial charge in [0.1, 0.15) is 6.04 Å². The molecule has 2 aromatic rings. The maximum Gasteiger partial charge on any atom is 0.253 e. The van der Waals surface area contributed by atoms with Gasteiger partial charge < -0.3 is 20.1 Å². The topological polar surface area (TPSA) is 76.7 Å². The summed E-state index contributed by atoms with van der Waals surface area (Å²) in [6.45, 7) is 5.43. The van der Waals surface area contributed by atoms with E-state index >= 15 is 0 Å². The molecule has 150 valence electrons. The fraction of sp³-hybridized carbons (Fsp3) is 0.333. The van der Waals surface area contributed by atoms with Gasteiger partial charge >= 0.3 is 0 Å². The van der Waals surface area contributed by atoms with E-state index in [4.69, 9.17) is 21.1 Å². The van der Waals surface area contributed by atoms with Crippen LogP contribution in [0, 0.1) is 6.92 Å². The number of nitrogens with one attached hydrogen (secondary N) is 2. The van der Waals surface area contributed by atoms with Crippen LogP contribution in [0.25, 0.3) is 0 Å². The molecule has 2 aromatic carbocycles. The minimum atomic E-state index is -0.730. The molecule has 0 spiro atoms. The number of amides is 2. The number of rotatable bonds is 7. The highest BCUT2D eigenvalue weighted by molar-refractivity contribution is 6.33. The molecule has 0 aromatic heterocycles. The number of hydrogen-bond donors (Lipinski definition) is 2. The van der Waals surface area contributed by atoms with Gasteiger partial charge in [0, 0.05) is 0 Å². The lowest BCUT2D eigenvalue weighted by Gasteiger charge is -2.21. The summed E-state index contributed by atoms with van der Waals surface area (Å²) in [5.41, 5.74) is 2.18. The van der Waals surface area contributed by atoms with Crippen molar-refractivity contribution in [3.8, 4) is 11.5 Å². The maximum atomic E-state index is 12.6. The van der Waals surface area contributed by atoms with Crippen LogP contribution >= 0.6 is 11.6 Å². The third-order valence-corrected chi connectivity index (χ3v) is 4.79. The van der Waals surface area contributed by atoms with Gasteiger partial charge in [0.15, 0.2) is 11.5 Å². The summed E-state index contributed by atoms with van der Waals surface area (Å²) in [5, 5.41) is 5.92. The van der Waals surface area contributed by atoms with Gasteiger partial charge in [0.05, 0.1) is 30.8 Å². The number of halogens is 1. The SMILES string of the molecule is COc1cc(C)c(C(C)NC(=O)C(C)NC(=O)c2ccccc2Cl)cc1OC. The third kappa shape index (κ3) is 4.95. The van der Waals surface area contributed by atoms with Gasteiger partial charge in [0.2, 0.25) is 5.91 Å². The zero-order valence-electron chi connectivity index (χ0n) is 16.6. The zero-order chi connectivity index (χ0) is 20.8. The van der Waals surface area contributed by atoms with Crippen LogP contribution in [0.2, 0.25) is 5.02 Å². The lowest BCUT2D eigenvalue weighted by Crippen LogP contribution is -2.45. The quantitative estimate of drug-likeness (QED) is 0.738. The molecule has 0 heterocycles. The predicted octanol–water partition coefficient (Wildman–Crippen LogP) is 3.66. The molecule has 2 N–H and O–H groups in total. The van der Waals surface area contributed by atoms with Crippen LogP contribution in [0.5, 0.6) is 11.5 Å². The minimum Gasteiger partial charge on any atom is -0.493 e. The lowest BCUT2D eigenvalue weighted by atomic mass is 10.0. The average Bonchev–Trinajstić information content (AvgIpc) is 2.67. The first-order chi connectivity index (χ1) is 13.3. The van der Waals surface area contributed by atoms with Gasteiger partial charge in [-0.05, 0) is 56.2 Å². The second kappa shape index (κ2) is 9.46. The molecule has 7 heteroatoms. The number of carbonyl (C=O) groups is 2. The second-order valence-electron chi connectivity index (χ2n) is 6.47. The van der Waals surface area contributed by atoms with Crippen molar-refractivity contribution in [1.82, 2.24) is 10.6 Å². The molecule has 2 rings (SSSR count). The Hall–Kier alpha value is -2.73. The van der Waals surface area contributed by atoms with Crippen LogP contribution in [0.4, 0.5) is 0 Å². The molecule has 2 unspecified atom stereocenters. The van der Waals surface area contributed by atoms with Crippen LogP contribution in [-0.4, -0.2) is 32.1 Å². The van der Waals surface area contributed by atoms with Gasteiger partial charge in [-0.15, -0.1) is 0 Å². The van der Waals surface area contributed by atoms with Crippen LogP contribution < -0.4 is 20.1 Å². The van der Waals surface area contributed by atoms with Gasteiger partial charge in [0.25, 0.3) is 5.91 Å². The van der Waals surface area contributed by atoms with Crippen LogP contribution in [-0.2, 0) is 4.79 Å². The molecule has 0 aliphatic heterocycles. The number of aryl methyl sites for hydroxylation is 1. The largest absolute Gasteiger partial charge is 0.493 e. The maximum absolute atomic E-state index is 12.6. The van der Waals surface area contributed by atoms with E-state index < -0.39 is 11.9 Å². The minimum absolute atomic E-state index is 0.285. The first kappa shape index (κ1) is 21.6. The van der Waals surface area contributed by atoms with Gasteiger partial charge in [-0.1, -0.05) is 23.7 Å². The summed E-state index contributed by atoms with van der Waals surface area (Å²) >= 11 is 6.03. The Morgan fingerprint density at radius 3 is 2.21 bits per heavy atom. The third-order valence-electron chi connectivity index (χ3n) is 4.46. The summed E-state index contributed by atoms with van der Waals surface area (Å²) < 4.78 is 10.6. The van der Waals surface area contributed by atoms with Crippen molar-refractivity contribution in [2.45, 2.75) is 32.9 Å². The molecule has 2 amide bonds. The Morgan fingerprint density at radius 1 is 1.00 bits per heavy atom. The first-order valence-electron chi connectivity index (χ1n) is 8.86. The van der Waals surface area contributed by atoms with Gasteiger partial charge in [-0.2, -0.15) is 0 Å². The van der Waals surface area contributed by atoms with Crippen molar-refractivity contribution in [1.29, 1.82) is 0 Å². The fourth-order valence-corrected chi connectivity index (χ4v) is 3.09. The van der Waals surface area contributed by atoms with Crippen molar-refractivity contribution in [3.63, 3.8) is 0 Å². The standard InChI is InChI=1S/C21H25ClN2O4/c1-12-10-18(27-4)19(28-5)11-16(12)13(2)23-20(25)14(3)24-21(26)15-8-6-7-9-17(15)22/h6-11,13-14H,1-5H3,(H,23,25)(H,24,26). The summed E-state index contributed by atoms with van der Waals surface area (Å²) in [5.74, 6) is 0.511. The molecular weight excluding hydrogens is 380 g/mol. The monoisotopic (exact) mass is 404 g/mol. The number of hydrogen-bond acceptors (Lipinski definition) is 4. The predicted molar refractivity (Wildman–Crippen MR) is 109 cm³/mol. The van der Waals surface area contributed by atoms with Crippen molar-refractivity contribution in [2.24, 2.45) is 0 Å². The molecular formula is C21H25ClN2O4. The van der Waals surface area contributed by atoms with Crippen LogP contribution in [0.15, 0.2) is 36.4 Å². The molecule has 0 fully saturated rings. The molecule has 28 heavy (non-hydrogen) atoms. The Morgan fingerprint density at radius 2 is 1.61 bits per heavy atom. The summed E-state index contributed by atoms with van der Waals surface area (Å²) in [6, 6.07) is 9.38. The van der Waals surface area contributed by atoms with E-state index in [1.165, 1.54) is 0 Å². The van der Waals surface area contributed by atoms with Gasteiger partial charge in [-0.3, -0.25) is 9.59 Å². The van der Waals surface area contributed by atoms with E-state index in [1.807, 2.05) is 26.0 Å². The Bertz CT molecular complexity index is 869. The zero-order valence-corrected chi connectivity index (χ0v) is 17.4. The number of methoxy groups -OCH3 is 2. The molecule has 6 nitrogen and oxygen atoms in total. The van der Waals surface area contributed by atoms with Crippen LogP contribution in [0.3, 0.4) is 0 Å². The molecule has 0 aliphatic carbocycles. The molecule has 0 saturated carbocycles. The number of ether oxygens (including phenoxy) is 2. The van der Waals surface area contributed by atoms with E-state index in [2.05, 4.69) is 10.6 Å². The number of benzene rings is 2. The van der Waals surface area contributed by atoms with E-state index in [0.717, 1.165) is 11.1 Å². The summed E-state index contributed by atoms with van der Waals surface area (Å²) in [4.78, 5) is 24.9. The molecule has 0 radical (unpaired) electrons. The van der Waals surface area contributed by atoms with Crippen molar-refractivity contribution >= 4 is 23.4 Å².